The van der Waals surface area contributed by atoms with Gasteiger partial charge in [0, 0.05) is 11.8 Å². The first-order valence-corrected chi connectivity index (χ1v) is 7.24. The molecule has 0 aliphatic carbocycles. The number of anilines is 1. The predicted octanol–water partition coefficient (Wildman–Crippen LogP) is 3.14. The summed E-state index contributed by atoms with van der Waals surface area (Å²) in [7, 11) is 0. The maximum Gasteiger partial charge on any atom is 0.266 e. The largest absolute Gasteiger partial charge is 0.486 e. The topological polar surface area (TPSA) is 71.4 Å². The van der Waals surface area contributed by atoms with Crippen LogP contribution in [0.15, 0.2) is 48.0 Å². The van der Waals surface area contributed by atoms with E-state index in [1.54, 1.807) is 24.3 Å². The number of carbonyl (C=O) groups is 1. The molecule has 1 N–H and O–H groups in total. The van der Waals surface area contributed by atoms with Crippen LogP contribution in [0.5, 0.6) is 11.5 Å². The molecule has 1 amide bonds. The number of benzene rings is 2. The summed E-state index contributed by atoms with van der Waals surface area (Å²) in [5.41, 5.74) is 0.781. The molecule has 24 heavy (non-hydrogen) atoms. The molecular formula is C18H13FN2O3. The van der Waals surface area contributed by atoms with Gasteiger partial charge in [0.05, 0.1) is 0 Å². The van der Waals surface area contributed by atoms with Gasteiger partial charge in [0.1, 0.15) is 30.7 Å². The summed E-state index contributed by atoms with van der Waals surface area (Å²) < 4.78 is 24.0. The summed E-state index contributed by atoms with van der Waals surface area (Å²) in [6.07, 6.45) is 1.33. The van der Waals surface area contributed by atoms with Gasteiger partial charge in [-0.15, -0.1) is 0 Å². The third-order valence-electron chi connectivity index (χ3n) is 3.32. The van der Waals surface area contributed by atoms with Crippen molar-refractivity contribution in [1.29, 1.82) is 5.26 Å². The van der Waals surface area contributed by atoms with Gasteiger partial charge in [0.25, 0.3) is 5.91 Å². The van der Waals surface area contributed by atoms with Crippen LogP contribution in [0.1, 0.15) is 5.56 Å². The first-order chi connectivity index (χ1) is 11.7. The Hall–Kier alpha value is -3.33. The lowest BCUT2D eigenvalue weighted by atomic mass is 10.1. The summed E-state index contributed by atoms with van der Waals surface area (Å²) in [6.45, 7) is 0.918. The molecule has 0 aromatic heterocycles. The van der Waals surface area contributed by atoms with Crippen LogP contribution in [-0.4, -0.2) is 19.1 Å². The minimum atomic E-state index is -0.585. The number of amides is 1. The van der Waals surface area contributed by atoms with Gasteiger partial charge in [-0.3, -0.25) is 4.79 Å². The highest BCUT2D eigenvalue weighted by Gasteiger charge is 2.14. The Morgan fingerprint density at radius 1 is 1.17 bits per heavy atom. The molecule has 2 aromatic carbocycles. The second-order valence-electron chi connectivity index (χ2n) is 5.04. The van der Waals surface area contributed by atoms with Gasteiger partial charge in [-0.2, -0.15) is 5.26 Å². The molecule has 1 heterocycles. The molecule has 0 fully saturated rings. The van der Waals surface area contributed by atoms with Crippen molar-refractivity contribution >= 4 is 17.7 Å². The molecule has 2 aromatic rings. The third-order valence-corrected chi connectivity index (χ3v) is 3.32. The maximum absolute atomic E-state index is 13.2. The highest BCUT2D eigenvalue weighted by atomic mass is 19.1. The lowest BCUT2D eigenvalue weighted by Gasteiger charge is -2.18. The van der Waals surface area contributed by atoms with Gasteiger partial charge >= 0.3 is 0 Å². The van der Waals surface area contributed by atoms with Crippen LogP contribution in [0.25, 0.3) is 6.08 Å². The van der Waals surface area contributed by atoms with Crippen LogP contribution in [-0.2, 0) is 4.79 Å². The molecule has 0 unspecified atom stereocenters. The molecule has 0 bridgehead atoms. The maximum atomic E-state index is 13.2. The number of nitrogens with zero attached hydrogens (tertiary/aromatic N) is 1. The van der Waals surface area contributed by atoms with E-state index in [1.165, 1.54) is 24.3 Å². The summed E-state index contributed by atoms with van der Waals surface area (Å²) in [6, 6.07) is 12.4. The van der Waals surface area contributed by atoms with E-state index in [4.69, 9.17) is 9.47 Å². The molecule has 0 saturated carbocycles. The fourth-order valence-corrected chi connectivity index (χ4v) is 2.23. The molecule has 3 rings (SSSR count). The van der Waals surface area contributed by atoms with Crippen LogP contribution >= 0.6 is 0 Å². The molecular weight excluding hydrogens is 311 g/mol. The molecule has 120 valence electrons. The zero-order valence-electron chi connectivity index (χ0n) is 12.6. The number of nitriles is 1. The lowest BCUT2D eigenvalue weighted by molar-refractivity contribution is -0.112. The molecule has 5 nitrogen and oxygen atoms in total. The van der Waals surface area contributed by atoms with Crippen LogP contribution in [0.4, 0.5) is 10.1 Å². The van der Waals surface area contributed by atoms with E-state index < -0.39 is 11.7 Å². The Balaban J connectivity index is 1.79. The number of nitrogens with one attached hydrogen (secondary N) is 1. The van der Waals surface area contributed by atoms with Crippen molar-refractivity contribution in [1.82, 2.24) is 0 Å². The van der Waals surface area contributed by atoms with Gasteiger partial charge in [0.2, 0.25) is 0 Å². The Morgan fingerprint density at radius 3 is 2.71 bits per heavy atom. The molecule has 1 aliphatic rings. The van der Waals surface area contributed by atoms with Gasteiger partial charge in [0.15, 0.2) is 11.5 Å². The normalized spacial score (nSPS) is 13.1. The van der Waals surface area contributed by atoms with E-state index in [0.29, 0.717) is 36.0 Å². The van der Waals surface area contributed by atoms with E-state index in [2.05, 4.69) is 5.32 Å². The lowest BCUT2D eigenvalue weighted by Crippen LogP contribution is -2.17. The summed E-state index contributed by atoms with van der Waals surface area (Å²) in [4.78, 5) is 12.2. The van der Waals surface area contributed by atoms with E-state index in [0.717, 1.165) is 0 Å². The average molecular weight is 324 g/mol. The van der Waals surface area contributed by atoms with Gasteiger partial charge in [-0.1, -0.05) is 12.1 Å². The quantitative estimate of drug-likeness (QED) is 0.695. The molecule has 0 atom stereocenters. The van der Waals surface area contributed by atoms with Crippen molar-refractivity contribution in [3.8, 4) is 17.6 Å². The Kier molecular flexibility index (Phi) is 4.43. The predicted molar refractivity (Wildman–Crippen MR) is 86.1 cm³/mol. The number of carbonyl (C=O) groups excluding carboxylic acids is 1. The van der Waals surface area contributed by atoms with Crippen molar-refractivity contribution < 1.29 is 18.7 Å². The monoisotopic (exact) mass is 324 g/mol. The van der Waals surface area contributed by atoms with Crippen LogP contribution in [0.3, 0.4) is 0 Å². The number of fused-ring (bicyclic) bond motifs is 1. The third kappa shape index (κ3) is 3.52. The SMILES string of the molecule is N#C/C(=C\c1cccc(F)c1)C(=O)Nc1ccc2c(c1)OCCO2. The van der Waals surface area contributed by atoms with E-state index in [9.17, 15) is 14.4 Å². The first-order valence-electron chi connectivity index (χ1n) is 7.24. The standard InChI is InChI=1S/C18H13FN2O3/c19-14-3-1-2-12(9-14)8-13(11-20)18(22)21-15-4-5-16-17(10-15)24-7-6-23-16/h1-5,8-10H,6-7H2,(H,21,22)/b13-8+. The van der Waals surface area contributed by atoms with Crippen molar-refractivity contribution in [3.05, 3.63) is 59.4 Å². The van der Waals surface area contributed by atoms with Crippen LogP contribution in [0, 0.1) is 17.1 Å². The van der Waals surface area contributed by atoms with Gasteiger partial charge in [-0.25, -0.2) is 4.39 Å². The van der Waals surface area contributed by atoms with Crippen LogP contribution in [0.2, 0.25) is 0 Å². The fourth-order valence-electron chi connectivity index (χ4n) is 2.23. The second-order valence-corrected chi connectivity index (χ2v) is 5.04. The zero-order chi connectivity index (χ0) is 16.9. The highest BCUT2D eigenvalue weighted by molar-refractivity contribution is 6.09. The van der Waals surface area contributed by atoms with Gasteiger partial charge < -0.3 is 14.8 Å². The van der Waals surface area contributed by atoms with Crippen molar-refractivity contribution in [2.24, 2.45) is 0 Å². The molecule has 6 heteroatoms. The number of hydrogen-bond donors (Lipinski definition) is 1. The summed E-state index contributed by atoms with van der Waals surface area (Å²) >= 11 is 0. The number of hydrogen-bond acceptors (Lipinski definition) is 4. The summed E-state index contributed by atoms with van der Waals surface area (Å²) in [5.74, 6) is 0.119. The van der Waals surface area contributed by atoms with E-state index in [-0.39, 0.29) is 5.57 Å². The second kappa shape index (κ2) is 6.84. The number of halogens is 1. The molecule has 0 spiro atoms. The van der Waals surface area contributed by atoms with E-state index >= 15 is 0 Å². The molecule has 0 radical (unpaired) electrons. The van der Waals surface area contributed by atoms with Crippen molar-refractivity contribution in [2.75, 3.05) is 18.5 Å². The van der Waals surface area contributed by atoms with E-state index in [1.807, 2.05) is 6.07 Å². The van der Waals surface area contributed by atoms with Crippen LogP contribution < -0.4 is 14.8 Å². The number of ether oxygens (including phenoxy) is 2. The zero-order valence-corrected chi connectivity index (χ0v) is 12.6. The highest BCUT2D eigenvalue weighted by Crippen LogP contribution is 2.32. The first kappa shape index (κ1) is 15.6. The number of rotatable bonds is 3. The Bertz CT molecular complexity index is 856. The minimum Gasteiger partial charge on any atom is -0.486 e. The summed E-state index contributed by atoms with van der Waals surface area (Å²) in [5, 5.41) is 11.8. The van der Waals surface area contributed by atoms with Crippen molar-refractivity contribution in [3.63, 3.8) is 0 Å². The Morgan fingerprint density at radius 2 is 1.96 bits per heavy atom. The smallest absolute Gasteiger partial charge is 0.266 e. The van der Waals surface area contributed by atoms with Gasteiger partial charge in [-0.05, 0) is 35.9 Å². The minimum absolute atomic E-state index is 0.129. The van der Waals surface area contributed by atoms with Crippen molar-refractivity contribution in [2.45, 2.75) is 0 Å². The Labute approximate surface area is 137 Å². The molecule has 1 aliphatic heterocycles. The average Bonchev–Trinajstić information content (AvgIpc) is 2.59. The fraction of sp³-hybridized carbons (Fsp3) is 0.111. The molecule has 0 saturated heterocycles.